The second-order valence-corrected chi connectivity index (χ2v) is 20.7. The Labute approximate surface area is 73.6 Å². The maximum Gasteiger partial charge on any atom is 0.0218 e. The van der Waals surface area contributed by atoms with Gasteiger partial charge in [0.2, 0.25) is 0 Å². The Bertz CT molecular complexity index is 90.6. The normalized spacial score (nSPS) is 40.8. The quantitative estimate of drug-likeness (QED) is 0.486. The summed E-state index contributed by atoms with van der Waals surface area (Å²) in [5, 5.41) is 1.35. The summed E-state index contributed by atoms with van der Waals surface area (Å²) in [7, 11) is 5.74. The van der Waals surface area contributed by atoms with Gasteiger partial charge in [-0.05, 0) is 0 Å². The van der Waals surface area contributed by atoms with Crippen molar-refractivity contribution >= 4 is 43.0 Å². The Balaban J connectivity index is 1.93. The number of rotatable bonds is 0. The molecule has 0 aliphatic carbocycles. The van der Waals surface area contributed by atoms with Crippen LogP contribution in [0, 0.1) is 0 Å². The molecule has 0 bridgehead atoms. The minimum atomic E-state index is -0.0741. The van der Waals surface area contributed by atoms with Crippen molar-refractivity contribution in [3.8, 4) is 0 Å². The van der Waals surface area contributed by atoms with Crippen molar-refractivity contribution in [3.63, 3.8) is 0 Å². The molecule has 0 aromatic rings. The monoisotopic (exact) mass is 210 g/mol. The first-order valence-electron chi connectivity index (χ1n) is 3.98. The molecule has 0 saturated carbocycles. The number of hydrogen-bond donors (Lipinski definition) is 0. The van der Waals surface area contributed by atoms with Crippen molar-refractivity contribution in [3.05, 3.63) is 0 Å². The van der Waals surface area contributed by atoms with Gasteiger partial charge in [-0.2, -0.15) is 0 Å². The van der Waals surface area contributed by atoms with Gasteiger partial charge in [-0.15, -0.1) is 0 Å². The van der Waals surface area contributed by atoms with E-state index >= 15 is 0 Å². The fourth-order valence-corrected chi connectivity index (χ4v) is 41.2. The summed E-state index contributed by atoms with van der Waals surface area (Å²) in [6.45, 7) is 0. The summed E-state index contributed by atoms with van der Waals surface area (Å²) in [5.41, 5.74) is 0. The zero-order valence-corrected chi connectivity index (χ0v) is 11.1. The van der Waals surface area contributed by atoms with Gasteiger partial charge in [0.15, 0.2) is 0 Å². The molecule has 2 aliphatic heterocycles. The molecule has 0 spiro atoms. The van der Waals surface area contributed by atoms with E-state index in [1.54, 1.807) is 25.3 Å². The molecule has 0 nitrogen and oxygen atoms in total. The average molecular weight is 211 g/mol. The number of hydrogen-bond acceptors (Lipinski definition) is 0. The van der Waals surface area contributed by atoms with Crippen LogP contribution in [0.5, 0.6) is 0 Å². The van der Waals surface area contributed by atoms with E-state index in [2.05, 4.69) is 0 Å². The summed E-state index contributed by atoms with van der Waals surface area (Å²) < 4.78 is 0. The SMILES string of the molecule is C1CC[Si@H]2[Si][Si][Si][Si][C@H]2C1. The zero-order valence-electron chi connectivity index (χ0n) is 5.98. The minimum Gasteiger partial charge on any atom is -0.0625 e. The highest BCUT2D eigenvalue weighted by Crippen LogP contribution is 2.28. The molecule has 50 valence electrons. The van der Waals surface area contributed by atoms with Crippen LogP contribution in [0.4, 0.5) is 0 Å². The molecule has 10 heavy (non-hydrogen) atoms. The molecule has 2 saturated heterocycles. The van der Waals surface area contributed by atoms with Crippen LogP contribution in [-0.4, -0.2) is 43.0 Å². The lowest BCUT2D eigenvalue weighted by Gasteiger charge is -2.33. The molecule has 2 atom stereocenters. The second-order valence-electron chi connectivity index (χ2n) is 3.04. The number of fused-ring (bicyclic) bond motifs is 1. The second kappa shape index (κ2) is 3.66. The molecule has 8 radical (unpaired) electrons. The Morgan fingerprint density at radius 1 is 1.20 bits per heavy atom. The van der Waals surface area contributed by atoms with Gasteiger partial charge < -0.3 is 0 Å². The molecule has 0 aromatic carbocycles. The Hall–Kier alpha value is 1.08. The van der Waals surface area contributed by atoms with E-state index in [0.29, 0.717) is 0 Å². The highest BCUT2D eigenvalue weighted by Gasteiger charge is 2.29. The lowest BCUT2D eigenvalue weighted by Crippen LogP contribution is -2.47. The van der Waals surface area contributed by atoms with Crippen LogP contribution < -0.4 is 0 Å². The van der Waals surface area contributed by atoms with Gasteiger partial charge in [0.25, 0.3) is 0 Å². The third-order valence-electron chi connectivity index (χ3n) is 2.34. The summed E-state index contributed by atoms with van der Waals surface area (Å²) in [4.78, 5) is 0. The summed E-state index contributed by atoms with van der Waals surface area (Å²) >= 11 is 0. The third-order valence-corrected chi connectivity index (χ3v) is 29.7. The summed E-state index contributed by atoms with van der Waals surface area (Å²) in [6, 6.07) is 1.73. The molecule has 0 N–H and O–H groups in total. The molecule has 0 aromatic heterocycles. The van der Waals surface area contributed by atoms with Gasteiger partial charge in [0.05, 0.1) is 0 Å². The van der Waals surface area contributed by atoms with Crippen LogP contribution in [0.2, 0.25) is 11.2 Å². The largest absolute Gasteiger partial charge is 0.0625 e. The molecule has 2 aliphatic rings. The maximum atomic E-state index is 1.73. The van der Waals surface area contributed by atoms with E-state index in [0.717, 1.165) is 0 Å². The van der Waals surface area contributed by atoms with E-state index in [9.17, 15) is 0 Å². The van der Waals surface area contributed by atoms with Gasteiger partial charge in [0.1, 0.15) is 0 Å². The fraction of sp³-hybridized carbons (Fsp3) is 1.00. The van der Waals surface area contributed by atoms with Gasteiger partial charge in [-0.1, -0.05) is 30.5 Å². The molecule has 2 rings (SSSR count). The highest BCUT2D eigenvalue weighted by atomic mass is 29.8. The highest BCUT2D eigenvalue weighted by molar-refractivity contribution is 7.61. The van der Waals surface area contributed by atoms with E-state index in [-0.39, 0.29) is 8.31 Å². The first-order valence-corrected chi connectivity index (χ1v) is 14.3. The summed E-state index contributed by atoms with van der Waals surface area (Å²) in [6.07, 6.45) is 4.84. The molecule has 0 amide bonds. The van der Waals surface area contributed by atoms with Gasteiger partial charge in [0, 0.05) is 43.0 Å². The van der Waals surface area contributed by atoms with Crippen LogP contribution in [0.3, 0.4) is 0 Å². The first-order chi connectivity index (χ1) is 4.97. The third kappa shape index (κ3) is 1.63. The van der Waals surface area contributed by atoms with Crippen LogP contribution in [-0.2, 0) is 0 Å². The predicted octanol–water partition coefficient (Wildman–Crippen LogP) is -0.203. The van der Waals surface area contributed by atoms with Crippen molar-refractivity contribution in [1.82, 2.24) is 0 Å². The van der Waals surface area contributed by atoms with Crippen LogP contribution in [0.15, 0.2) is 0 Å². The topological polar surface area (TPSA) is 0 Å². The standard InChI is InChI=1S/C5H10Si5/c1-2-4-10-5(3-1)6-7-8-9-10/h5,10H,1-4H2/t5-,10-/m1/s1. The van der Waals surface area contributed by atoms with Crippen LogP contribution >= 0.6 is 0 Å². The Kier molecular flexibility index (Phi) is 2.82. The zero-order chi connectivity index (χ0) is 6.81. The molecule has 5 heteroatoms. The molecule has 0 unspecified atom stereocenters. The Morgan fingerprint density at radius 3 is 3.10 bits per heavy atom. The van der Waals surface area contributed by atoms with E-state index in [4.69, 9.17) is 0 Å². The maximum absolute atomic E-state index is 1.73. The molecule has 2 heterocycles. The van der Waals surface area contributed by atoms with Crippen molar-refractivity contribution in [2.45, 2.75) is 30.5 Å². The van der Waals surface area contributed by atoms with Crippen molar-refractivity contribution in [2.75, 3.05) is 0 Å². The lowest BCUT2D eigenvalue weighted by molar-refractivity contribution is 0.707. The van der Waals surface area contributed by atoms with Gasteiger partial charge >= 0.3 is 0 Å². The van der Waals surface area contributed by atoms with E-state index < -0.39 is 0 Å². The van der Waals surface area contributed by atoms with E-state index in [1.807, 2.05) is 0 Å². The fourth-order valence-electron chi connectivity index (χ4n) is 1.73. The van der Waals surface area contributed by atoms with Gasteiger partial charge in [-0.25, -0.2) is 0 Å². The molecular formula is C5H10Si5. The van der Waals surface area contributed by atoms with Gasteiger partial charge in [-0.3, -0.25) is 0 Å². The van der Waals surface area contributed by atoms with Crippen molar-refractivity contribution in [2.24, 2.45) is 0 Å². The lowest BCUT2D eigenvalue weighted by atomic mass is 10.3. The summed E-state index contributed by atoms with van der Waals surface area (Å²) in [5.74, 6) is 0. The Morgan fingerprint density at radius 2 is 2.20 bits per heavy atom. The van der Waals surface area contributed by atoms with Crippen molar-refractivity contribution in [1.29, 1.82) is 0 Å². The predicted molar refractivity (Wildman–Crippen MR) is 52.6 cm³/mol. The average Bonchev–Trinajstić information content (AvgIpc) is 2.05. The van der Waals surface area contributed by atoms with E-state index in [1.165, 1.54) is 39.9 Å². The smallest absolute Gasteiger partial charge is 0.0218 e. The van der Waals surface area contributed by atoms with Crippen LogP contribution in [0.25, 0.3) is 0 Å². The minimum absolute atomic E-state index is 0.0741. The van der Waals surface area contributed by atoms with Crippen molar-refractivity contribution < 1.29 is 0 Å². The first kappa shape index (κ1) is 7.72. The molecular weight excluding hydrogens is 200 g/mol. The molecule has 2 fully saturated rings. The van der Waals surface area contributed by atoms with Crippen LogP contribution in [0.1, 0.15) is 19.3 Å².